The van der Waals surface area contributed by atoms with Crippen molar-refractivity contribution in [3.63, 3.8) is 0 Å². The molecule has 1 aliphatic rings. The predicted octanol–water partition coefficient (Wildman–Crippen LogP) is 2.29. The zero-order valence-corrected chi connectivity index (χ0v) is 7.27. The van der Waals surface area contributed by atoms with Crippen LogP contribution in [0.4, 0.5) is 0 Å². The Balaban J connectivity index is 0.000000371. The number of nitrogens with zero attached hydrogens (tertiary/aromatic N) is 1. The fraction of sp³-hybridized carbons (Fsp3) is 0.778. The summed E-state index contributed by atoms with van der Waals surface area (Å²) < 4.78 is 0. The third-order valence-electron chi connectivity index (χ3n) is 2.14. The molecule has 1 nitrogen and oxygen atoms in total. The molecule has 1 fully saturated rings. The molecule has 0 aromatic carbocycles. The van der Waals surface area contributed by atoms with Crippen LogP contribution < -0.4 is 0 Å². The zero-order valence-electron chi connectivity index (χ0n) is 7.27. The van der Waals surface area contributed by atoms with E-state index in [0.29, 0.717) is 0 Å². The summed E-state index contributed by atoms with van der Waals surface area (Å²) in [6.07, 6.45) is 4.17. The van der Waals surface area contributed by atoms with Gasteiger partial charge in [0.25, 0.3) is 0 Å². The number of hydrogen-bond acceptors (Lipinski definition) is 1. The Morgan fingerprint density at radius 2 is 2.10 bits per heavy atom. The maximum absolute atomic E-state index is 3.00. The lowest BCUT2D eigenvalue weighted by atomic mass is 10.2. The van der Waals surface area contributed by atoms with Crippen molar-refractivity contribution in [1.82, 2.24) is 4.90 Å². The van der Waals surface area contributed by atoms with Crippen LogP contribution in [0.5, 0.6) is 0 Å². The van der Waals surface area contributed by atoms with Crippen molar-refractivity contribution in [2.24, 2.45) is 0 Å². The highest BCUT2D eigenvalue weighted by Gasteiger charge is 2.17. The smallest absolute Gasteiger partial charge is 0.00900 e. The van der Waals surface area contributed by atoms with E-state index in [-0.39, 0.29) is 0 Å². The molecule has 0 aromatic heterocycles. The summed E-state index contributed by atoms with van der Waals surface area (Å²) in [5.41, 5.74) is 0. The second-order valence-electron chi connectivity index (χ2n) is 2.68. The molecular formula is C9H19N. The predicted molar refractivity (Wildman–Crippen MR) is 47.2 cm³/mol. The van der Waals surface area contributed by atoms with Crippen LogP contribution in [0.2, 0.25) is 0 Å². The molecule has 0 aliphatic carbocycles. The van der Waals surface area contributed by atoms with E-state index < -0.39 is 0 Å². The minimum atomic E-state index is 0.898. The number of hydrogen-bond donors (Lipinski definition) is 0. The summed E-state index contributed by atoms with van der Waals surface area (Å²) in [6.45, 7) is 9.59. The molecule has 0 spiro atoms. The van der Waals surface area contributed by atoms with Crippen LogP contribution in [-0.4, -0.2) is 24.5 Å². The SMILES string of the molecule is C=C.CCC1CCCN1C. The monoisotopic (exact) mass is 141 g/mol. The van der Waals surface area contributed by atoms with Crippen LogP contribution in [0, 0.1) is 0 Å². The van der Waals surface area contributed by atoms with E-state index in [2.05, 4.69) is 32.0 Å². The first-order valence-electron chi connectivity index (χ1n) is 4.05. The van der Waals surface area contributed by atoms with Gasteiger partial charge in [-0.25, -0.2) is 0 Å². The van der Waals surface area contributed by atoms with E-state index in [4.69, 9.17) is 0 Å². The summed E-state index contributed by atoms with van der Waals surface area (Å²) in [5.74, 6) is 0. The van der Waals surface area contributed by atoms with Gasteiger partial charge in [0.2, 0.25) is 0 Å². The fourth-order valence-electron chi connectivity index (χ4n) is 1.50. The first-order chi connectivity index (χ1) is 4.84. The van der Waals surface area contributed by atoms with Gasteiger partial charge in [0.05, 0.1) is 0 Å². The number of rotatable bonds is 1. The molecule has 1 atom stereocenters. The molecule has 0 amide bonds. The zero-order chi connectivity index (χ0) is 7.98. The van der Waals surface area contributed by atoms with Gasteiger partial charge in [-0.15, -0.1) is 13.2 Å². The Kier molecular flexibility index (Phi) is 5.32. The fourth-order valence-corrected chi connectivity index (χ4v) is 1.50. The Hall–Kier alpha value is -0.300. The van der Waals surface area contributed by atoms with Gasteiger partial charge in [0, 0.05) is 6.04 Å². The van der Waals surface area contributed by atoms with Gasteiger partial charge >= 0.3 is 0 Å². The topological polar surface area (TPSA) is 3.24 Å². The van der Waals surface area contributed by atoms with E-state index in [1.54, 1.807) is 0 Å². The van der Waals surface area contributed by atoms with Gasteiger partial charge in [0.1, 0.15) is 0 Å². The van der Waals surface area contributed by atoms with Crippen molar-refractivity contribution in [1.29, 1.82) is 0 Å². The van der Waals surface area contributed by atoms with Crippen molar-refractivity contribution in [2.75, 3.05) is 13.6 Å². The standard InChI is InChI=1S/C7H15N.C2H4/c1-3-7-5-4-6-8(7)2;1-2/h7H,3-6H2,1-2H3;1-2H2. The van der Waals surface area contributed by atoms with Crippen LogP contribution in [0.3, 0.4) is 0 Å². The van der Waals surface area contributed by atoms with Crippen LogP contribution in [0.25, 0.3) is 0 Å². The Morgan fingerprint density at radius 1 is 1.50 bits per heavy atom. The van der Waals surface area contributed by atoms with Gasteiger partial charge < -0.3 is 4.90 Å². The maximum Gasteiger partial charge on any atom is 0.00900 e. The summed E-state index contributed by atoms with van der Waals surface area (Å²) in [7, 11) is 2.22. The first kappa shape index (κ1) is 9.70. The molecule has 1 saturated heterocycles. The molecule has 1 rings (SSSR count). The van der Waals surface area contributed by atoms with Crippen molar-refractivity contribution >= 4 is 0 Å². The molecule has 10 heavy (non-hydrogen) atoms. The van der Waals surface area contributed by atoms with E-state index in [9.17, 15) is 0 Å². The highest BCUT2D eigenvalue weighted by Crippen LogP contribution is 2.16. The average molecular weight is 141 g/mol. The molecule has 0 N–H and O–H groups in total. The Bertz CT molecular complexity index is 80.8. The minimum Gasteiger partial charge on any atom is -0.303 e. The summed E-state index contributed by atoms with van der Waals surface area (Å²) >= 11 is 0. The third kappa shape index (κ3) is 2.53. The van der Waals surface area contributed by atoms with Crippen molar-refractivity contribution < 1.29 is 0 Å². The highest BCUT2D eigenvalue weighted by atomic mass is 15.1. The lowest BCUT2D eigenvalue weighted by Gasteiger charge is -2.16. The molecule has 1 aliphatic heterocycles. The first-order valence-corrected chi connectivity index (χ1v) is 4.05. The van der Waals surface area contributed by atoms with Crippen LogP contribution in [-0.2, 0) is 0 Å². The molecule has 60 valence electrons. The van der Waals surface area contributed by atoms with E-state index in [0.717, 1.165) is 6.04 Å². The van der Waals surface area contributed by atoms with Crippen LogP contribution >= 0.6 is 0 Å². The van der Waals surface area contributed by atoms with E-state index in [1.165, 1.54) is 25.8 Å². The van der Waals surface area contributed by atoms with Crippen molar-refractivity contribution in [3.05, 3.63) is 13.2 Å². The van der Waals surface area contributed by atoms with Crippen molar-refractivity contribution in [3.8, 4) is 0 Å². The van der Waals surface area contributed by atoms with Crippen LogP contribution in [0.1, 0.15) is 26.2 Å². The molecule has 0 aromatic rings. The van der Waals surface area contributed by atoms with Gasteiger partial charge in [-0.2, -0.15) is 0 Å². The summed E-state index contributed by atoms with van der Waals surface area (Å²) in [4.78, 5) is 2.46. The van der Waals surface area contributed by atoms with E-state index in [1.807, 2.05) is 0 Å². The number of likely N-dealkylation sites (tertiary alicyclic amines) is 1. The molecule has 0 bridgehead atoms. The molecule has 1 unspecified atom stereocenters. The normalized spacial score (nSPS) is 25.6. The lowest BCUT2D eigenvalue weighted by Crippen LogP contribution is -2.23. The van der Waals surface area contributed by atoms with Gasteiger partial charge in [-0.1, -0.05) is 6.92 Å². The molecule has 1 heteroatoms. The maximum atomic E-state index is 3.00. The molecule has 0 saturated carbocycles. The quantitative estimate of drug-likeness (QED) is 0.506. The Labute approximate surface area is 64.7 Å². The van der Waals surface area contributed by atoms with Gasteiger partial charge in [-0.3, -0.25) is 0 Å². The molecule has 0 radical (unpaired) electrons. The highest BCUT2D eigenvalue weighted by molar-refractivity contribution is 4.73. The minimum absolute atomic E-state index is 0.898. The molecular weight excluding hydrogens is 122 g/mol. The molecule has 1 heterocycles. The summed E-state index contributed by atoms with van der Waals surface area (Å²) in [5, 5.41) is 0. The second-order valence-corrected chi connectivity index (χ2v) is 2.68. The second kappa shape index (κ2) is 5.48. The summed E-state index contributed by atoms with van der Waals surface area (Å²) in [6, 6.07) is 0.898. The lowest BCUT2D eigenvalue weighted by molar-refractivity contribution is 0.304. The van der Waals surface area contributed by atoms with E-state index >= 15 is 0 Å². The van der Waals surface area contributed by atoms with Crippen molar-refractivity contribution in [2.45, 2.75) is 32.2 Å². The van der Waals surface area contributed by atoms with Crippen LogP contribution in [0.15, 0.2) is 13.2 Å². The average Bonchev–Trinajstić information content (AvgIpc) is 2.39. The third-order valence-corrected chi connectivity index (χ3v) is 2.14. The van der Waals surface area contributed by atoms with Gasteiger partial charge in [-0.05, 0) is 32.9 Å². The van der Waals surface area contributed by atoms with Gasteiger partial charge in [0.15, 0.2) is 0 Å². The largest absolute Gasteiger partial charge is 0.303 e. The Morgan fingerprint density at radius 3 is 2.30 bits per heavy atom.